The molecule has 0 bridgehead atoms. The van der Waals surface area contributed by atoms with Crippen LogP contribution < -0.4 is 15.4 Å². The van der Waals surface area contributed by atoms with Crippen molar-refractivity contribution in [3.63, 3.8) is 0 Å². The van der Waals surface area contributed by atoms with Gasteiger partial charge in [-0.15, -0.1) is 0 Å². The number of benzene rings is 2. The molecule has 0 spiro atoms. The second-order valence-corrected chi connectivity index (χ2v) is 6.21. The number of nitrogens with zero attached hydrogens (tertiary/aromatic N) is 1. The van der Waals surface area contributed by atoms with Crippen molar-refractivity contribution in [1.82, 2.24) is 10.2 Å². The topological polar surface area (TPSA) is 53.6 Å². The summed E-state index contributed by atoms with van der Waals surface area (Å²) in [6, 6.07) is 18.0. The molecule has 1 atom stereocenters. The molecule has 0 saturated carbocycles. The highest BCUT2D eigenvalue weighted by Gasteiger charge is 2.25. The van der Waals surface area contributed by atoms with Crippen LogP contribution in [0.2, 0.25) is 0 Å². The second-order valence-electron chi connectivity index (χ2n) is 6.21. The van der Waals surface area contributed by atoms with E-state index in [-0.39, 0.29) is 6.03 Å². The number of amides is 2. The summed E-state index contributed by atoms with van der Waals surface area (Å²) in [5, 5.41) is 5.78. The average molecular weight is 339 g/mol. The maximum Gasteiger partial charge on any atom is 0.319 e. The summed E-state index contributed by atoms with van der Waals surface area (Å²) in [5.41, 5.74) is 2.12. The Morgan fingerprint density at radius 2 is 1.92 bits per heavy atom. The third-order valence-electron chi connectivity index (χ3n) is 4.58. The van der Waals surface area contributed by atoms with Gasteiger partial charge in [-0.2, -0.15) is 0 Å². The largest absolute Gasteiger partial charge is 0.497 e. The lowest BCUT2D eigenvalue weighted by atomic mass is 10.0. The highest BCUT2D eigenvalue weighted by molar-refractivity contribution is 5.89. The third kappa shape index (κ3) is 4.73. The molecule has 1 unspecified atom stereocenters. The number of nitrogens with one attached hydrogen (secondary N) is 2. The van der Waals surface area contributed by atoms with Crippen molar-refractivity contribution in [3.8, 4) is 5.75 Å². The number of rotatable bonds is 6. The van der Waals surface area contributed by atoms with Crippen molar-refractivity contribution in [3.05, 3.63) is 60.2 Å². The molecule has 3 rings (SSSR count). The van der Waals surface area contributed by atoms with Gasteiger partial charge in [-0.25, -0.2) is 4.79 Å². The zero-order valence-electron chi connectivity index (χ0n) is 14.6. The standard InChI is InChI=1S/C20H25N3O2/c1-25-18-11-9-16(10-12-18)19-8-5-14-23(19)15-13-21-20(24)22-17-6-3-2-4-7-17/h2-4,6-7,9-12,19H,5,8,13-15H2,1H3,(H2,21,22,24). The molecule has 1 saturated heterocycles. The van der Waals surface area contributed by atoms with E-state index in [1.54, 1.807) is 7.11 Å². The van der Waals surface area contributed by atoms with Crippen LogP contribution in [0.25, 0.3) is 0 Å². The van der Waals surface area contributed by atoms with Crippen molar-refractivity contribution >= 4 is 11.7 Å². The lowest BCUT2D eigenvalue weighted by Gasteiger charge is -2.25. The number of anilines is 1. The van der Waals surface area contributed by atoms with E-state index in [9.17, 15) is 4.79 Å². The third-order valence-corrected chi connectivity index (χ3v) is 4.58. The van der Waals surface area contributed by atoms with Crippen LogP contribution in [0.3, 0.4) is 0 Å². The quantitative estimate of drug-likeness (QED) is 0.844. The molecule has 0 aliphatic carbocycles. The predicted molar refractivity (Wildman–Crippen MR) is 100 cm³/mol. The smallest absolute Gasteiger partial charge is 0.319 e. The van der Waals surface area contributed by atoms with E-state index in [0.717, 1.165) is 30.9 Å². The Morgan fingerprint density at radius 3 is 2.64 bits per heavy atom. The number of hydrogen-bond acceptors (Lipinski definition) is 3. The van der Waals surface area contributed by atoms with Crippen LogP contribution in [0.4, 0.5) is 10.5 Å². The fourth-order valence-corrected chi connectivity index (χ4v) is 3.31. The van der Waals surface area contributed by atoms with Crippen molar-refractivity contribution in [2.75, 3.05) is 32.1 Å². The van der Waals surface area contributed by atoms with Gasteiger partial charge in [-0.05, 0) is 49.2 Å². The van der Waals surface area contributed by atoms with Gasteiger partial charge in [-0.3, -0.25) is 4.90 Å². The van der Waals surface area contributed by atoms with E-state index in [0.29, 0.717) is 12.6 Å². The summed E-state index contributed by atoms with van der Waals surface area (Å²) in [7, 11) is 1.68. The van der Waals surface area contributed by atoms with Gasteiger partial charge >= 0.3 is 6.03 Å². The van der Waals surface area contributed by atoms with Crippen molar-refractivity contribution in [1.29, 1.82) is 0 Å². The van der Waals surface area contributed by atoms with Gasteiger partial charge in [0.05, 0.1) is 7.11 Å². The first-order valence-electron chi connectivity index (χ1n) is 8.74. The molecular weight excluding hydrogens is 314 g/mol. The molecule has 5 heteroatoms. The Bertz CT molecular complexity index is 673. The van der Waals surface area contributed by atoms with Crippen LogP contribution in [0.1, 0.15) is 24.4 Å². The number of carbonyl (C=O) groups excluding carboxylic acids is 1. The Labute approximate surface area is 149 Å². The molecule has 2 amide bonds. The number of methoxy groups -OCH3 is 1. The summed E-state index contributed by atoms with van der Waals surface area (Å²) in [4.78, 5) is 14.4. The van der Waals surface area contributed by atoms with Gasteiger partial charge in [-0.1, -0.05) is 30.3 Å². The minimum absolute atomic E-state index is 0.161. The van der Waals surface area contributed by atoms with Crippen LogP contribution in [-0.4, -0.2) is 37.7 Å². The number of ether oxygens (including phenoxy) is 1. The first-order chi connectivity index (χ1) is 12.3. The zero-order valence-corrected chi connectivity index (χ0v) is 14.6. The molecule has 1 aliphatic heterocycles. The van der Waals surface area contributed by atoms with Gasteiger partial charge in [0.15, 0.2) is 0 Å². The fourth-order valence-electron chi connectivity index (χ4n) is 3.31. The Morgan fingerprint density at radius 1 is 1.16 bits per heavy atom. The molecule has 2 aromatic carbocycles. The molecular formula is C20H25N3O2. The summed E-state index contributed by atoms with van der Waals surface area (Å²) >= 11 is 0. The summed E-state index contributed by atoms with van der Waals surface area (Å²) in [5.74, 6) is 0.882. The Kier molecular flexibility index (Phi) is 5.90. The first-order valence-corrected chi connectivity index (χ1v) is 8.74. The average Bonchev–Trinajstić information content (AvgIpc) is 3.11. The molecule has 2 aromatic rings. The Hall–Kier alpha value is -2.53. The maximum atomic E-state index is 12.0. The molecule has 0 aromatic heterocycles. The number of para-hydroxylation sites is 1. The van der Waals surface area contributed by atoms with Crippen molar-refractivity contribution in [2.45, 2.75) is 18.9 Å². The number of carbonyl (C=O) groups is 1. The minimum atomic E-state index is -0.161. The van der Waals surface area contributed by atoms with Crippen LogP contribution in [-0.2, 0) is 0 Å². The van der Waals surface area contributed by atoms with Crippen LogP contribution in [0, 0.1) is 0 Å². The maximum absolute atomic E-state index is 12.0. The van der Waals surface area contributed by atoms with E-state index in [2.05, 4.69) is 27.7 Å². The lowest BCUT2D eigenvalue weighted by Crippen LogP contribution is -2.36. The summed E-state index contributed by atoms with van der Waals surface area (Å²) in [6.07, 6.45) is 2.34. The fraction of sp³-hybridized carbons (Fsp3) is 0.350. The Balaban J connectivity index is 1.47. The minimum Gasteiger partial charge on any atom is -0.497 e. The monoisotopic (exact) mass is 339 g/mol. The van der Waals surface area contributed by atoms with Crippen LogP contribution >= 0.6 is 0 Å². The van der Waals surface area contributed by atoms with Crippen LogP contribution in [0.15, 0.2) is 54.6 Å². The zero-order chi connectivity index (χ0) is 17.5. The number of urea groups is 1. The van der Waals surface area contributed by atoms with Gasteiger partial charge in [0.25, 0.3) is 0 Å². The van der Waals surface area contributed by atoms with E-state index in [4.69, 9.17) is 4.74 Å². The number of likely N-dealkylation sites (tertiary alicyclic amines) is 1. The highest BCUT2D eigenvalue weighted by atomic mass is 16.5. The summed E-state index contributed by atoms with van der Waals surface area (Å²) < 4.78 is 5.23. The van der Waals surface area contributed by atoms with E-state index < -0.39 is 0 Å². The van der Waals surface area contributed by atoms with E-state index >= 15 is 0 Å². The molecule has 2 N–H and O–H groups in total. The van der Waals surface area contributed by atoms with Gasteiger partial charge < -0.3 is 15.4 Å². The van der Waals surface area contributed by atoms with E-state index in [1.165, 1.54) is 12.0 Å². The molecule has 1 aliphatic rings. The molecule has 1 fully saturated rings. The normalized spacial score (nSPS) is 17.2. The second kappa shape index (κ2) is 8.53. The van der Waals surface area contributed by atoms with Crippen LogP contribution in [0.5, 0.6) is 5.75 Å². The molecule has 1 heterocycles. The molecule has 25 heavy (non-hydrogen) atoms. The predicted octanol–water partition coefficient (Wildman–Crippen LogP) is 3.65. The van der Waals surface area contributed by atoms with Gasteiger partial charge in [0.2, 0.25) is 0 Å². The first kappa shape index (κ1) is 17.3. The summed E-state index contributed by atoms with van der Waals surface area (Å²) in [6.45, 7) is 2.54. The molecule has 0 radical (unpaired) electrons. The lowest BCUT2D eigenvalue weighted by molar-refractivity contribution is 0.240. The highest BCUT2D eigenvalue weighted by Crippen LogP contribution is 2.32. The molecule has 5 nitrogen and oxygen atoms in total. The van der Waals surface area contributed by atoms with E-state index in [1.807, 2.05) is 42.5 Å². The van der Waals surface area contributed by atoms with Crippen molar-refractivity contribution < 1.29 is 9.53 Å². The number of hydrogen-bond donors (Lipinski definition) is 2. The van der Waals surface area contributed by atoms with Crippen molar-refractivity contribution in [2.24, 2.45) is 0 Å². The van der Waals surface area contributed by atoms with Gasteiger partial charge in [0.1, 0.15) is 5.75 Å². The molecule has 132 valence electrons. The van der Waals surface area contributed by atoms with Gasteiger partial charge in [0, 0.05) is 24.8 Å². The SMILES string of the molecule is COc1ccc(C2CCCN2CCNC(=O)Nc2ccccc2)cc1.